The Labute approximate surface area is 112 Å². The van der Waals surface area contributed by atoms with E-state index in [9.17, 15) is 17.2 Å². The topological polar surface area (TPSA) is 46.2 Å². The third kappa shape index (κ3) is 3.30. The van der Waals surface area contributed by atoms with Crippen LogP contribution in [0.2, 0.25) is 0 Å². The van der Waals surface area contributed by atoms with Crippen LogP contribution in [0.15, 0.2) is 23.1 Å². The summed E-state index contributed by atoms with van der Waals surface area (Å²) >= 11 is 0. The first kappa shape index (κ1) is 14.4. The number of halogens is 2. The summed E-state index contributed by atoms with van der Waals surface area (Å²) in [6.07, 6.45) is 3.70. The van der Waals surface area contributed by atoms with Crippen molar-refractivity contribution in [3.8, 4) is 0 Å². The lowest BCUT2D eigenvalue weighted by Gasteiger charge is -2.29. The number of sulfonamides is 1. The van der Waals surface area contributed by atoms with E-state index in [0.29, 0.717) is 6.07 Å². The van der Waals surface area contributed by atoms with Crippen molar-refractivity contribution in [3.63, 3.8) is 0 Å². The lowest BCUT2D eigenvalue weighted by molar-refractivity contribution is 0.310. The largest absolute Gasteiger partial charge is 0.243 e. The quantitative estimate of drug-likeness (QED) is 0.930. The van der Waals surface area contributed by atoms with Crippen molar-refractivity contribution in [2.24, 2.45) is 5.92 Å². The van der Waals surface area contributed by atoms with E-state index >= 15 is 0 Å². The van der Waals surface area contributed by atoms with E-state index in [2.05, 4.69) is 4.72 Å². The van der Waals surface area contributed by atoms with Gasteiger partial charge in [-0.2, -0.15) is 0 Å². The van der Waals surface area contributed by atoms with Gasteiger partial charge in [-0.3, -0.25) is 0 Å². The van der Waals surface area contributed by atoms with Crippen molar-refractivity contribution < 1.29 is 17.2 Å². The molecule has 0 saturated heterocycles. The Morgan fingerprint density at radius 3 is 2.58 bits per heavy atom. The van der Waals surface area contributed by atoms with Crippen molar-refractivity contribution in [1.29, 1.82) is 0 Å². The highest BCUT2D eigenvalue weighted by Gasteiger charge is 2.28. The second kappa shape index (κ2) is 5.54. The molecule has 0 spiro atoms. The second-order valence-corrected chi connectivity index (χ2v) is 6.75. The lowest BCUT2D eigenvalue weighted by Crippen LogP contribution is -2.41. The smallest absolute Gasteiger partial charge is 0.208 e. The van der Waals surface area contributed by atoms with Crippen LogP contribution in [0.5, 0.6) is 0 Å². The highest BCUT2D eigenvalue weighted by Crippen LogP contribution is 2.26. The van der Waals surface area contributed by atoms with Gasteiger partial charge in [-0.1, -0.05) is 19.8 Å². The Morgan fingerprint density at radius 1 is 1.21 bits per heavy atom. The molecule has 1 aliphatic carbocycles. The van der Waals surface area contributed by atoms with Gasteiger partial charge in [0, 0.05) is 6.04 Å². The molecule has 1 N–H and O–H groups in total. The zero-order chi connectivity index (χ0) is 14.0. The molecule has 19 heavy (non-hydrogen) atoms. The van der Waals surface area contributed by atoms with E-state index in [-0.39, 0.29) is 12.0 Å². The number of nitrogens with one attached hydrogen (secondary N) is 1. The molecule has 2 rings (SSSR count). The molecule has 0 unspecified atom stereocenters. The van der Waals surface area contributed by atoms with Crippen molar-refractivity contribution in [3.05, 3.63) is 29.8 Å². The van der Waals surface area contributed by atoms with Gasteiger partial charge in [0.25, 0.3) is 0 Å². The third-order valence-corrected chi connectivity index (χ3v) is 5.11. The molecule has 6 heteroatoms. The molecule has 1 saturated carbocycles. The van der Waals surface area contributed by atoms with Crippen molar-refractivity contribution in [2.45, 2.75) is 43.5 Å². The van der Waals surface area contributed by atoms with Gasteiger partial charge >= 0.3 is 0 Å². The minimum atomic E-state index is -4.01. The maximum Gasteiger partial charge on any atom is 0.243 e. The summed E-state index contributed by atoms with van der Waals surface area (Å²) in [5.74, 6) is -1.49. The summed E-state index contributed by atoms with van der Waals surface area (Å²) in [4.78, 5) is -0.620. The highest BCUT2D eigenvalue weighted by atomic mass is 32.2. The number of hydrogen-bond donors (Lipinski definition) is 1. The fourth-order valence-corrected chi connectivity index (χ4v) is 3.91. The van der Waals surface area contributed by atoms with Crippen LogP contribution >= 0.6 is 0 Å². The zero-order valence-electron chi connectivity index (χ0n) is 10.7. The summed E-state index contributed by atoms with van der Waals surface area (Å²) in [6, 6.07) is 2.23. The first-order valence-corrected chi connectivity index (χ1v) is 7.86. The van der Waals surface area contributed by atoms with E-state index in [1.807, 2.05) is 6.92 Å². The van der Waals surface area contributed by atoms with Gasteiger partial charge in [-0.15, -0.1) is 0 Å². The van der Waals surface area contributed by atoms with Gasteiger partial charge in [-0.05, 0) is 37.0 Å². The molecule has 1 aliphatic rings. The zero-order valence-corrected chi connectivity index (χ0v) is 11.5. The molecule has 0 amide bonds. The molecular weight excluding hydrogens is 272 g/mol. The van der Waals surface area contributed by atoms with Crippen LogP contribution in [0.25, 0.3) is 0 Å². The number of hydrogen-bond acceptors (Lipinski definition) is 2. The molecule has 1 aromatic rings. The van der Waals surface area contributed by atoms with E-state index in [1.54, 1.807) is 0 Å². The van der Waals surface area contributed by atoms with Crippen LogP contribution in [0, 0.1) is 17.6 Å². The second-order valence-electron chi connectivity index (χ2n) is 5.06. The molecule has 0 radical (unpaired) electrons. The van der Waals surface area contributed by atoms with Crippen LogP contribution in [-0.2, 0) is 10.0 Å². The van der Waals surface area contributed by atoms with Crippen molar-refractivity contribution in [1.82, 2.24) is 4.72 Å². The van der Waals surface area contributed by atoms with Gasteiger partial charge in [0.15, 0.2) is 0 Å². The molecule has 0 heterocycles. The SMILES string of the molecule is C[C@H]1CCCC[C@@H]1NS(=O)(=O)c1cc(F)ccc1F. The van der Waals surface area contributed by atoms with E-state index in [0.717, 1.165) is 37.8 Å². The first-order valence-electron chi connectivity index (χ1n) is 6.37. The molecule has 106 valence electrons. The first-order chi connectivity index (χ1) is 8.90. The van der Waals surface area contributed by atoms with Crippen LogP contribution in [0.1, 0.15) is 32.6 Å². The van der Waals surface area contributed by atoms with Gasteiger partial charge in [-0.25, -0.2) is 21.9 Å². The Morgan fingerprint density at radius 2 is 1.89 bits per heavy atom. The van der Waals surface area contributed by atoms with Gasteiger partial charge in [0.05, 0.1) is 0 Å². The van der Waals surface area contributed by atoms with Gasteiger partial charge < -0.3 is 0 Å². The third-order valence-electron chi connectivity index (χ3n) is 3.60. The van der Waals surface area contributed by atoms with Crippen molar-refractivity contribution >= 4 is 10.0 Å². The molecular formula is C13H17F2NO2S. The van der Waals surface area contributed by atoms with Crippen LogP contribution in [0.3, 0.4) is 0 Å². The van der Waals surface area contributed by atoms with Crippen LogP contribution < -0.4 is 4.72 Å². The molecule has 1 fully saturated rings. The van der Waals surface area contributed by atoms with E-state index < -0.39 is 26.6 Å². The summed E-state index contributed by atoms with van der Waals surface area (Å²) in [5.41, 5.74) is 0. The Bertz CT molecular complexity index is 560. The standard InChI is InChI=1S/C13H17F2NO2S/c1-9-4-2-3-5-12(9)16-19(17,18)13-8-10(14)6-7-11(13)15/h6-9,12,16H,2-5H2,1H3/t9-,12-/m0/s1. The predicted octanol–water partition coefficient (Wildman–Crippen LogP) is 2.82. The summed E-state index contributed by atoms with van der Waals surface area (Å²) in [5, 5.41) is 0. The lowest BCUT2D eigenvalue weighted by atomic mass is 9.87. The molecule has 0 bridgehead atoms. The normalized spacial score (nSPS) is 24.4. The monoisotopic (exact) mass is 289 g/mol. The molecule has 0 aromatic heterocycles. The Hall–Kier alpha value is -1.01. The Balaban J connectivity index is 2.24. The summed E-state index contributed by atoms with van der Waals surface area (Å²) in [7, 11) is -4.01. The van der Waals surface area contributed by atoms with Crippen LogP contribution in [0.4, 0.5) is 8.78 Å². The minimum Gasteiger partial charge on any atom is -0.208 e. The fraction of sp³-hybridized carbons (Fsp3) is 0.538. The van der Waals surface area contributed by atoms with Gasteiger partial charge in [0.1, 0.15) is 16.5 Å². The summed E-state index contributed by atoms with van der Waals surface area (Å²) < 4.78 is 53.3. The maximum absolute atomic E-state index is 13.5. The van der Waals surface area contributed by atoms with Gasteiger partial charge in [0.2, 0.25) is 10.0 Å². The fourth-order valence-electron chi connectivity index (χ4n) is 2.44. The molecule has 0 aliphatic heterocycles. The molecule has 3 nitrogen and oxygen atoms in total. The number of benzene rings is 1. The Kier molecular flexibility index (Phi) is 4.20. The molecule has 2 atom stereocenters. The average Bonchev–Trinajstić information content (AvgIpc) is 2.35. The average molecular weight is 289 g/mol. The minimum absolute atomic E-state index is 0.207. The van der Waals surface area contributed by atoms with Crippen LogP contribution in [-0.4, -0.2) is 14.5 Å². The molecule has 1 aromatic carbocycles. The van der Waals surface area contributed by atoms with Crippen molar-refractivity contribution in [2.75, 3.05) is 0 Å². The highest BCUT2D eigenvalue weighted by molar-refractivity contribution is 7.89. The number of rotatable bonds is 3. The van der Waals surface area contributed by atoms with E-state index in [1.165, 1.54) is 0 Å². The van der Waals surface area contributed by atoms with E-state index in [4.69, 9.17) is 0 Å². The maximum atomic E-state index is 13.5. The predicted molar refractivity (Wildman–Crippen MR) is 68.1 cm³/mol. The summed E-state index contributed by atoms with van der Waals surface area (Å²) in [6.45, 7) is 1.97.